The van der Waals surface area contributed by atoms with Crippen molar-refractivity contribution in [1.29, 1.82) is 0 Å². The van der Waals surface area contributed by atoms with E-state index in [1.807, 2.05) is 0 Å². The molecule has 1 heterocycles. The smallest absolute Gasteiger partial charge is 0.326 e. The number of hydrogen-bond donors (Lipinski definition) is 2. The van der Waals surface area contributed by atoms with Gasteiger partial charge in [0.25, 0.3) is 0 Å². The third-order valence-corrected chi connectivity index (χ3v) is 2.89. The Balaban J connectivity index is 2.26. The second-order valence-corrected chi connectivity index (χ2v) is 4.28. The summed E-state index contributed by atoms with van der Waals surface area (Å²) in [5, 5.41) is 11.4. The lowest BCUT2D eigenvalue weighted by Crippen LogP contribution is -2.41. The molecule has 0 spiro atoms. The van der Waals surface area contributed by atoms with Gasteiger partial charge in [-0.1, -0.05) is 6.08 Å². The van der Waals surface area contributed by atoms with Crippen LogP contribution in [-0.4, -0.2) is 47.6 Å². The lowest BCUT2D eigenvalue weighted by Gasteiger charge is -2.16. The molecule has 1 amide bonds. The van der Waals surface area contributed by atoms with Gasteiger partial charge in [-0.25, -0.2) is 4.79 Å². The molecule has 0 aromatic rings. The standard InChI is InChI=1S/C12H20N2O3/c1-2-5-10(12(16)17)13-11(15)6-9-14-7-3-4-8-14/h2,10H,1,3-9H2,(H,13,15)(H,16,17). The Morgan fingerprint density at radius 2 is 2.06 bits per heavy atom. The number of carboxylic acids is 1. The average molecular weight is 240 g/mol. The van der Waals surface area contributed by atoms with Crippen LogP contribution in [0.2, 0.25) is 0 Å². The zero-order valence-electron chi connectivity index (χ0n) is 10.0. The lowest BCUT2D eigenvalue weighted by molar-refractivity contribution is -0.141. The second kappa shape index (κ2) is 7.06. The molecule has 1 atom stereocenters. The molecule has 0 saturated carbocycles. The zero-order valence-corrected chi connectivity index (χ0v) is 10.0. The first-order chi connectivity index (χ1) is 8.13. The maximum absolute atomic E-state index is 11.6. The molecular weight excluding hydrogens is 220 g/mol. The maximum Gasteiger partial charge on any atom is 0.326 e. The summed E-state index contributed by atoms with van der Waals surface area (Å²) < 4.78 is 0. The molecule has 0 aliphatic carbocycles. The SMILES string of the molecule is C=CCC(NC(=O)CCN1CCCC1)C(=O)O. The van der Waals surface area contributed by atoms with Crippen molar-refractivity contribution in [2.45, 2.75) is 31.7 Å². The Kier molecular flexibility index (Phi) is 5.69. The van der Waals surface area contributed by atoms with Crippen molar-refractivity contribution in [3.8, 4) is 0 Å². The topological polar surface area (TPSA) is 69.6 Å². The summed E-state index contributed by atoms with van der Waals surface area (Å²) in [4.78, 5) is 24.6. The molecule has 1 aliphatic heterocycles. The fraction of sp³-hybridized carbons (Fsp3) is 0.667. The molecule has 5 nitrogen and oxygen atoms in total. The number of carboxylic acid groups (broad SMARTS) is 1. The van der Waals surface area contributed by atoms with E-state index in [1.165, 1.54) is 18.9 Å². The molecule has 2 N–H and O–H groups in total. The van der Waals surface area contributed by atoms with Crippen molar-refractivity contribution < 1.29 is 14.7 Å². The highest BCUT2D eigenvalue weighted by Crippen LogP contribution is 2.07. The molecule has 0 aromatic carbocycles. The van der Waals surface area contributed by atoms with Gasteiger partial charge in [-0.15, -0.1) is 6.58 Å². The minimum Gasteiger partial charge on any atom is -0.480 e. The minimum atomic E-state index is -1.01. The van der Waals surface area contributed by atoms with E-state index >= 15 is 0 Å². The number of rotatable bonds is 7. The number of amides is 1. The van der Waals surface area contributed by atoms with Crippen LogP contribution < -0.4 is 5.32 Å². The molecule has 17 heavy (non-hydrogen) atoms. The summed E-state index contributed by atoms with van der Waals surface area (Å²) in [6, 6.07) is -0.849. The van der Waals surface area contributed by atoms with Gasteiger partial charge in [0.05, 0.1) is 0 Å². The van der Waals surface area contributed by atoms with Crippen molar-refractivity contribution in [2.75, 3.05) is 19.6 Å². The molecule has 0 aromatic heterocycles. The number of carbonyl (C=O) groups excluding carboxylic acids is 1. The van der Waals surface area contributed by atoms with Crippen LogP contribution in [-0.2, 0) is 9.59 Å². The van der Waals surface area contributed by atoms with E-state index < -0.39 is 12.0 Å². The monoisotopic (exact) mass is 240 g/mol. The fourth-order valence-corrected chi connectivity index (χ4v) is 1.92. The molecule has 5 heteroatoms. The van der Waals surface area contributed by atoms with Crippen molar-refractivity contribution >= 4 is 11.9 Å². The lowest BCUT2D eigenvalue weighted by atomic mass is 10.2. The number of carbonyl (C=O) groups is 2. The van der Waals surface area contributed by atoms with Crippen molar-refractivity contribution in [2.24, 2.45) is 0 Å². The number of aliphatic carboxylic acids is 1. The van der Waals surface area contributed by atoms with Gasteiger partial charge in [-0.05, 0) is 32.4 Å². The first kappa shape index (κ1) is 13.7. The molecule has 1 fully saturated rings. The Hall–Kier alpha value is -1.36. The van der Waals surface area contributed by atoms with E-state index in [2.05, 4.69) is 16.8 Å². The summed E-state index contributed by atoms with van der Waals surface area (Å²) in [5.41, 5.74) is 0. The number of nitrogens with zero attached hydrogens (tertiary/aromatic N) is 1. The molecule has 0 bridgehead atoms. The van der Waals surface area contributed by atoms with Gasteiger partial charge >= 0.3 is 5.97 Å². The molecule has 96 valence electrons. The van der Waals surface area contributed by atoms with Gasteiger partial charge in [0.15, 0.2) is 0 Å². The van der Waals surface area contributed by atoms with Crippen LogP contribution in [0.25, 0.3) is 0 Å². The van der Waals surface area contributed by atoms with Gasteiger partial charge in [-0.3, -0.25) is 4.79 Å². The van der Waals surface area contributed by atoms with E-state index in [0.717, 1.165) is 13.1 Å². The van der Waals surface area contributed by atoms with Gasteiger partial charge in [-0.2, -0.15) is 0 Å². The van der Waals surface area contributed by atoms with Crippen LogP contribution >= 0.6 is 0 Å². The summed E-state index contributed by atoms with van der Waals surface area (Å²) in [6.45, 7) is 6.28. The third kappa shape index (κ3) is 4.99. The molecule has 1 aliphatic rings. The first-order valence-corrected chi connectivity index (χ1v) is 5.99. The van der Waals surface area contributed by atoms with Crippen molar-refractivity contribution in [3.63, 3.8) is 0 Å². The average Bonchev–Trinajstić information content (AvgIpc) is 2.78. The predicted molar refractivity (Wildman–Crippen MR) is 64.7 cm³/mol. The van der Waals surface area contributed by atoms with Crippen molar-refractivity contribution in [3.05, 3.63) is 12.7 Å². The summed E-state index contributed by atoms with van der Waals surface area (Å²) in [6.07, 6.45) is 4.50. The van der Waals surface area contributed by atoms with Gasteiger partial charge in [0.2, 0.25) is 5.91 Å². The largest absolute Gasteiger partial charge is 0.480 e. The van der Waals surface area contributed by atoms with Crippen LogP contribution in [0.3, 0.4) is 0 Å². The highest BCUT2D eigenvalue weighted by molar-refractivity contribution is 5.83. The Morgan fingerprint density at radius 3 is 2.59 bits per heavy atom. The minimum absolute atomic E-state index is 0.203. The van der Waals surface area contributed by atoms with Gasteiger partial charge in [0, 0.05) is 13.0 Å². The van der Waals surface area contributed by atoms with E-state index in [4.69, 9.17) is 5.11 Å². The zero-order chi connectivity index (χ0) is 12.7. The predicted octanol–water partition coefficient (Wildman–Crippen LogP) is 0.618. The first-order valence-electron chi connectivity index (χ1n) is 5.99. The number of nitrogens with one attached hydrogen (secondary N) is 1. The number of likely N-dealkylation sites (tertiary alicyclic amines) is 1. The van der Waals surface area contributed by atoms with E-state index in [-0.39, 0.29) is 12.3 Å². The Morgan fingerprint density at radius 1 is 1.41 bits per heavy atom. The van der Waals surface area contributed by atoms with Gasteiger partial charge < -0.3 is 15.3 Å². The summed E-state index contributed by atoms with van der Waals surface area (Å²) >= 11 is 0. The molecule has 1 rings (SSSR count). The Bertz CT molecular complexity index is 285. The normalized spacial score (nSPS) is 17.6. The number of hydrogen-bond acceptors (Lipinski definition) is 3. The van der Waals surface area contributed by atoms with Crippen LogP contribution in [0, 0.1) is 0 Å². The highest BCUT2D eigenvalue weighted by atomic mass is 16.4. The third-order valence-electron chi connectivity index (χ3n) is 2.89. The fourth-order valence-electron chi connectivity index (χ4n) is 1.92. The molecule has 0 radical (unpaired) electrons. The second-order valence-electron chi connectivity index (χ2n) is 4.28. The molecule has 1 unspecified atom stereocenters. The quantitative estimate of drug-likeness (QED) is 0.640. The van der Waals surface area contributed by atoms with Crippen LogP contribution in [0.1, 0.15) is 25.7 Å². The Labute approximate surface area is 101 Å². The molecular formula is C12H20N2O3. The molecule has 1 saturated heterocycles. The van der Waals surface area contributed by atoms with Crippen LogP contribution in [0.5, 0.6) is 0 Å². The summed E-state index contributed by atoms with van der Waals surface area (Å²) in [5.74, 6) is -1.22. The summed E-state index contributed by atoms with van der Waals surface area (Å²) in [7, 11) is 0. The van der Waals surface area contributed by atoms with E-state index in [0.29, 0.717) is 13.0 Å². The van der Waals surface area contributed by atoms with Crippen LogP contribution in [0.4, 0.5) is 0 Å². The van der Waals surface area contributed by atoms with Gasteiger partial charge in [0.1, 0.15) is 6.04 Å². The van der Waals surface area contributed by atoms with Crippen LogP contribution in [0.15, 0.2) is 12.7 Å². The highest BCUT2D eigenvalue weighted by Gasteiger charge is 2.19. The van der Waals surface area contributed by atoms with Crippen molar-refractivity contribution in [1.82, 2.24) is 10.2 Å². The maximum atomic E-state index is 11.6. The van der Waals surface area contributed by atoms with E-state index in [1.54, 1.807) is 0 Å². The van der Waals surface area contributed by atoms with E-state index in [9.17, 15) is 9.59 Å².